The van der Waals surface area contributed by atoms with Crippen molar-refractivity contribution >= 4 is 55.5 Å². The lowest BCUT2D eigenvalue weighted by atomic mass is 9.99. The fourth-order valence-corrected chi connectivity index (χ4v) is 7.38. The van der Waals surface area contributed by atoms with Gasteiger partial charge in [-0.1, -0.05) is 29.5 Å². The summed E-state index contributed by atoms with van der Waals surface area (Å²) in [5.41, 5.74) is 3.86. The zero-order valence-electron chi connectivity index (χ0n) is 36.1. The Morgan fingerprint density at radius 3 is 2.26 bits per heavy atom. The van der Waals surface area contributed by atoms with E-state index in [1.165, 1.54) is 16.8 Å². The summed E-state index contributed by atoms with van der Waals surface area (Å²) in [4.78, 5) is 27.6. The molecule has 8 N–H and O–H groups in total. The molecule has 23 heteroatoms. The van der Waals surface area contributed by atoms with Gasteiger partial charge in [0.05, 0.1) is 63.5 Å². The lowest BCUT2D eigenvalue weighted by molar-refractivity contribution is -0.337. The number of ether oxygens (including phenoxy) is 4. The van der Waals surface area contributed by atoms with E-state index in [2.05, 4.69) is 36.5 Å². The number of amides is 2. The minimum Gasteiger partial charge on any atom is -0.394 e. The molecule has 2 amide bonds. The second kappa shape index (κ2) is 23.5. The minimum atomic E-state index is -4.46. The molecule has 0 bridgehead atoms. The largest absolute Gasteiger partial charge is 0.394 e. The fourth-order valence-electron chi connectivity index (χ4n) is 6.67. The maximum Gasteiger partial charge on any atom is 0.295 e. The summed E-state index contributed by atoms with van der Waals surface area (Å²) >= 11 is 0. The molecule has 22 nitrogen and oxygen atoms in total. The van der Waals surface area contributed by atoms with E-state index >= 15 is 0 Å². The summed E-state index contributed by atoms with van der Waals surface area (Å²) in [5.74, 6) is -0.840. The Hall–Kier alpha value is -5.99. The Kier molecular flexibility index (Phi) is 17.6. The summed E-state index contributed by atoms with van der Waals surface area (Å²) in [7, 11) is -0.547. The molecule has 0 aliphatic carbocycles. The average molecular weight is 936 g/mol. The summed E-state index contributed by atoms with van der Waals surface area (Å²) < 4.78 is 57.5. The lowest BCUT2D eigenvalue weighted by Gasteiger charge is -2.40. The molecule has 354 valence electrons. The van der Waals surface area contributed by atoms with Gasteiger partial charge in [-0.25, -0.2) is 4.68 Å². The molecule has 1 saturated heterocycles. The van der Waals surface area contributed by atoms with Crippen molar-refractivity contribution in [3.8, 4) is 0 Å². The first-order chi connectivity index (χ1) is 31.7. The molecule has 1 fully saturated rings. The predicted molar refractivity (Wildman–Crippen MR) is 238 cm³/mol. The van der Waals surface area contributed by atoms with Gasteiger partial charge in [-0.15, -0.1) is 5.10 Å². The fraction of sp³-hybridized carbons (Fsp3) is 0.395. The number of aliphatic hydroxyl groups is 4. The van der Waals surface area contributed by atoms with Gasteiger partial charge in [0.15, 0.2) is 12.6 Å². The van der Waals surface area contributed by atoms with Crippen LogP contribution in [0.15, 0.2) is 106 Å². The van der Waals surface area contributed by atoms with E-state index in [0.717, 1.165) is 5.69 Å². The molecule has 0 radical (unpaired) electrons. The van der Waals surface area contributed by atoms with Crippen LogP contribution < -0.4 is 20.9 Å². The number of fused-ring (bicyclic) bond motifs is 1. The quantitative estimate of drug-likeness (QED) is 0.0201. The number of hydrogen-bond acceptors (Lipinski definition) is 18. The van der Waals surface area contributed by atoms with Crippen molar-refractivity contribution < 1.29 is 61.9 Å². The van der Waals surface area contributed by atoms with E-state index in [4.69, 9.17) is 18.9 Å². The zero-order chi connectivity index (χ0) is 47.2. The van der Waals surface area contributed by atoms with E-state index in [-0.39, 0.29) is 50.3 Å². The highest BCUT2D eigenvalue weighted by molar-refractivity contribution is 7.86. The van der Waals surface area contributed by atoms with Gasteiger partial charge in [0.25, 0.3) is 16.0 Å². The first-order valence-electron chi connectivity index (χ1n) is 20.8. The van der Waals surface area contributed by atoms with Crippen LogP contribution in [0.5, 0.6) is 0 Å². The van der Waals surface area contributed by atoms with Crippen LogP contribution in [0.2, 0.25) is 0 Å². The van der Waals surface area contributed by atoms with E-state index in [1.54, 1.807) is 54.7 Å². The Morgan fingerprint density at radius 1 is 0.864 bits per heavy atom. The predicted octanol–water partition coefficient (Wildman–Crippen LogP) is 1.88. The number of nitrogens with one attached hydrogen (secondary N) is 3. The van der Waals surface area contributed by atoms with E-state index in [0.29, 0.717) is 45.6 Å². The van der Waals surface area contributed by atoms with Crippen LogP contribution in [0.3, 0.4) is 0 Å². The summed E-state index contributed by atoms with van der Waals surface area (Å²) in [5, 5.41) is 66.8. The number of carbonyl (C=O) groups excluding carboxylic acids is 2. The summed E-state index contributed by atoms with van der Waals surface area (Å²) in [6.45, 7) is 0.192. The molecule has 1 aliphatic heterocycles. The second-order valence-electron chi connectivity index (χ2n) is 15.2. The van der Waals surface area contributed by atoms with Crippen molar-refractivity contribution in [2.75, 3.05) is 63.8 Å². The number of aliphatic hydroxyl groups excluding tert-OH is 4. The highest BCUT2D eigenvalue weighted by atomic mass is 32.2. The number of azo groups is 1. The molecule has 2 heterocycles. The van der Waals surface area contributed by atoms with Crippen molar-refractivity contribution in [3.05, 3.63) is 102 Å². The maximum absolute atomic E-state index is 13.0. The number of hydrogen-bond donors (Lipinski definition) is 8. The number of rotatable bonds is 23. The van der Waals surface area contributed by atoms with E-state index in [1.807, 2.05) is 43.3 Å². The topological polar surface area (TPSA) is 301 Å². The summed E-state index contributed by atoms with van der Waals surface area (Å²) in [6, 6.07) is 23.7. The normalized spacial score (nSPS) is 19.2. The van der Waals surface area contributed by atoms with Crippen LogP contribution in [0.4, 0.5) is 22.7 Å². The molecule has 6 rings (SSSR count). The lowest BCUT2D eigenvalue weighted by Crippen LogP contribution is -2.59. The van der Waals surface area contributed by atoms with Crippen molar-refractivity contribution in [3.63, 3.8) is 0 Å². The van der Waals surface area contributed by atoms with Crippen LogP contribution >= 0.6 is 0 Å². The zero-order valence-corrected chi connectivity index (χ0v) is 36.9. The smallest absolute Gasteiger partial charge is 0.295 e. The van der Waals surface area contributed by atoms with E-state index < -0.39 is 66.0 Å². The molecule has 1 unspecified atom stereocenters. The molecule has 6 atom stereocenters. The number of nitrogens with zero attached hydrogens (tertiary/aromatic N) is 6. The van der Waals surface area contributed by atoms with Crippen LogP contribution in [-0.4, -0.2) is 151 Å². The first kappa shape index (κ1) is 49.4. The SMILES string of the molecule is CN(C)c1ccc(N=Nc2ccc(C(=O)NCc3cn(CCOCCOC(CC(=O)NCCNc4cccc5c(S(=O)(=O)O)cccc45)O[C@@H]4O[C@H](CO)[C@@H](O)[C@H](O)[C@H]4O)nn3)cc2)cc1. The molecule has 1 aliphatic rings. The molecule has 66 heavy (non-hydrogen) atoms. The Balaban J connectivity index is 0.930. The second-order valence-corrected chi connectivity index (χ2v) is 16.6. The average Bonchev–Trinajstić information content (AvgIpc) is 3.77. The van der Waals surface area contributed by atoms with Gasteiger partial charge < -0.3 is 60.2 Å². The van der Waals surface area contributed by atoms with Crippen LogP contribution in [0, 0.1) is 0 Å². The summed E-state index contributed by atoms with van der Waals surface area (Å²) in [6.07, 6.45) is -8.00. The van der Waals surface area contributed by atoms with Crippen LogP contribution in [-0.2, 0) is 46.9 Å². The maximum atomic E-state index is 13.0. The van der Waals surface area contributed by atoms with Crippen LogP contribution in [0.1, 0.15) is 22.5 Å². The Morgan fingerprint density at radius 2 is 1.56 bits per heavy atom. The highest BCUT2D eigenvalue weighted by Gasteiger charge is 2.45. The number of benzene rings is 4. The Bertz CT molecular complexity index is 2510. The molecule has 1 aromatic heterocycles. The number of anilines is 2. The van der Waals surface area contributed by atoms with Gasteiger partial charge in [0, 0.05) is 54.9 Å². The van der Waals surface area contributed by atoms with Crippen molar-refractivity contribution in [1.29, 1.82) is 0 Å². The molecule has 4 aromatic carbocycles. The van der Waals surface area contributed by atoms with Gasteiger partial charge in [-0.3, -0.25) is 14.1 Å². The van der Waals surface area contributed by atoms with Crippen LogP contribution in [0.25, 0.3) is 10.8 Å². The van der Waals surface area contributed by atoms with Gasteiger partial charge in [-0.2, -0.15) is 18.6 Å². The van der Waals surface area contributed by atoms with Gasteiger partial charge in [0.2, 0.25) is 5.91 Å². The first-order valence-corrected chi connectivity index (χ1v) is 22.3. The standard InChI is InChI=1S/C43H53N9O13S/c1-51(2)31-15-13-29(14-16-31)48-47-28-11-9-27(10-12-28)42(58)46-24-30-25-52(50-49-30)19-20-62-21-22-63-38(65-43-41(57)40(56)39(55)35(26-53)64-43)23-37(54)45-18-17-44-34-7-3-6-33-32(34)5-4-8-36(33)66(59,60)61/h3-16,25,35,38-41,43-44,53,55-57H,17-24,26H2,1-2H3,(H,45,54)(H,46,58)(H,59,60,61)/t35-,38?,39-,40+,41-,43+/m1/s1. The monoisotopic (exact) mass is 935 g/mol. The number of aromatic nitrogens is 3. The van der Waals surface area contributed by atoms with Crippen molar-refractivity contribution in [2.24, 2.45) is 10.2 Å². The Labute approximate surface area is 379 Å². The minimum absolute atomic E-state index is 0.0338. The molecule has 5 aromatic rings. The van der Waals surface area contributed by atoms with Gasteiger partial charge >= 0.3 is 0 Å². The third-order valence-corrected chi connectivity index (χ3v) is 11.1. The third kappa shape index (κ3) is 13.8. The molecule has 0 spiro atoms. The van der Waals surface area contributed by atoms with Gasteiger partial charge in [-0.05, 0) is 60.7 Å². The third-order valence-electron chi connectivity index (χ3n) is 10.2. The molecule has 0 saturated carbocycles. The molecular formula is C43H53N9O13S. The highest BCUT2D eigenvalue weighted by Crippen LogP contribution is 2.29. The van der Waals surface area contributed by atoms with Crippen molar-refractivity contribution in [1.82, 2.24) is 25.6 Å². The number of carbonyl (C=O) groups is 2. The molecular weight excluding hydrogens is 883 g/mol. The van der Waals surface area contributed by atoms with Gasteiger partial charge in [0.1, 0.15) is 35.0 Å². The van der Waals surface area contributed by atoms with E-state index in [9.17, 15) is 43.0 Å². The van der Waals surface area contributed by atoms with Crippen molar-refractivity contribution in [2.45, 2.75) is 61.4 Å².